The van der Waals surface area contributed by atoms with Crippen LogP contribution in [0.1, 0.15) is 37.8 Å². The molecule has 3 nitrogen and oxygen atoms in total. The summed E-state index contributed by atoms with van der Waals surface area (Å²) in [4.78, 5) is 10.5. The summed E-state index contributed by atoms with van der Waals surface area (Å²) < 4.78 is 5.19. The van der Waals surface area contributed by atoms with Crippen LogP contribution in [0.3, 0.4) is 0 Å². The summed E-state index contributed by atoms with van der Waals surface area (Å²) in [5, 5.41) is 8.65. The average molecular weight is 222 g/mol. The SMILES string of the molecule is CC(C)c1ccc(CO[C@@H](C)C(=O)O)cc1. The summed E-state index contributed by atoms with van der Waals surface area (Å²) in [5.41, 5.74) is 2.27. The van der Waals surface area contributed by atoms with Crippen LogP contribution >= 0.6 is 0 Å². The zero-order valence-corrected chi connectivity index (χ0v) is 9.93. The minimum Gasteiger partial charge on any atom is -0.479 e. The molecule has 1 atom stereocenters. The van der Waals surface area contributed by atoms with Crippen LogP contribution in [0.4, 0.5) is 0 Å². The first-order valence-electron chi connectivity index (χ1n) is 5.44. The van der Waals surface area contributed by atoms with Gasteiger partial charge in [-0.1, -0.05) is 38.1 Å². The van der Waals surface area contributed by atoms with Gasteiger partial charge in [0.1, 0.15) is 0 Å². The molecule has 0 aliphatic carbocycles. The van der Waals surface area contributed by atoms with E-state index in [9.17, 15) is 4.79 Å². The molecule has 0 aromatic heterocycles. The van der Waals surface area contributed by atoms with E-state index in [0.29, 0.717) is 12.5 Å². The van der Waals surface area contributed by atoms with E-state index >= 15 is 0 Å². The number of benzene rings is 1. The highest BCUT2D eigenvalue weighted by atomic mass is 16.5. The van der Waals surface area contributed by atoms with Crippen molar-refractivity contribution in [2.45, 2.75) is 39.4 Å². The van der Waals surface area contributed by atoms with Crippen LogP contribution in [-0.2, 0) is 16.1 Å². The molecular weight excluding hydrogens is 204 g/mol. The van der Waals surface area contributed by atoms with Gasteiger partial charge in [0.05, 0.1) is 6.61 Å². The van der Waals surface area contributed by atoms with Crippen molar-refractivity contribution >= 4 is 5.97 Å². The molecule has 1 rings (SSSR count). The van der Waals surface area contributed by atoms with Crippen molar-refractivity contribution in [3.8, 4) is 0 Å². The Labute approximate surface area is 96.1 Å². The Morgan fingerprint density at radius 2 is 1.81 bits per heavy atom. The molecule has 0 radical (unpaired) electrons. The normalized spacial score (nSPS) is 12.8. The molecule has 0 bridgehead atoms. The molecule has 0 saturated heterocycles. The third-order valence-corrected chi connectivity index (χ3v) is 2.49. The van der Waals surface area contributed by atoms with Crippen molar-refractivity contribution in [1.29, 1.82) is 0 Å². The second-order valence-corrected chi connectivity index (χ2v) is 4.19. The van der Waals surface area contributed by atoms with Crippen LogP contribution in [0.25, 0.3) is 0 Å². The van der Waals surface area contributed by atoms with Gasteiger partial charge in [0.2, 0.25) is 0 Å². The second kappa shape index (κ2) is 5.66. The molecular formula is C13H18O3. The lowest BCUT2D eigenvalue weighted by atomic mass is 10.0. The maximum atomic E-state index is 10.5. The number of hydrogen-bond donors (Lipinski definition) is 1. The van der Waals surface area contributed by atoms with Crippen LogP contribution in [0.5, 0.6) is 0 Å². The van der Waals surface area contributed by atoms with Crippen molar-refractivity contribution in [3.63, 3.8) is 0 Å². The third-order valence-electron chi connectivity index (χ3n) is 2.49. The number of aliphatic carboxylic acids is 1. The molecule has 0 unspecified atom stereocenters. The van der Waals surface area contributed by atoms with E-state index in [4.69, 9.17) is 9.84 Å². The van der Waals surface area contributed by atoms with Crippen molar-refractivity contribution in [1.82, 2.24) is 0 Å². The topological polar surface area (TPSA) is 46.5 Å². The van der Waals surface area contributed by atoms with E-state index in [2.05, 4.69) is 26.0 Å². The van der Waals surface area contributed by atoms with Gasteiger partial charge in [0, 0.05) is 0 Å². The van der Waals surface area contributed by atoms with E-state index in [1.54, 1.807) is 0 Å². The highest BCUT2D eigenvalue weighted by Crippen LogP contribution is 2.15. The first kappa shape index (κ1) is 12.7. The summed E-state index contributed by atoms with van der Waals surface area (Å²) >= 11 is 0. The quantitative estimate of drug-likeness (QED) is 0.833. The molecule has 0 fully saturated rings. The van der Waals surface area contributed by atoms with E-state index in [1.165, 1.54) is 12.5 Å². The fraction of sp³-hybridized carbons (Fsp3) is 0.462. The fourth-order valence-electron chi connectivity index (χ4n) is 1.29. The Bertz CT molecular complexity index is 341. The fourth-order valence-corrected chi connectivity index (χ4v) is 1.29. The number of hydrogen-bond acceptors (Lipinski definition) is 2. The van der Waals surface area contributed by atoms with Crippen molar-refractivity contribution in [3.05, 3.63) is 35.4 Å². The van der Waals surface area contributed by atoms with E-state index < -0.39 is 12.1 Å². The first-order chi connectivity index (χ1) is 7.50. The number of ether oxygens (including phenoxy) is 1. The molecule has 0 amide bonds. The monoisotopic (exact) mass is 222 g/mol. The highest BCUT2D eigenvalue weighted by molar-refractivity contribution is 5.71. The largest absolute Gasteiger partial charge is 0.479 e. The van der Waals surface area contributed by atoms with Crippen molar-refractivity contribution < 1.29 is 14.6 Å². The lowest BCUT2D eigenvalue weighted by Gasteiger charge is -2.10. The van der Waals surface area contributed by atoms with Crippen LogP contribution < -0.4 is 0 Å². The van der Waals surface area contributed by atoms with Gasteiger partial charge in [-0.3, -0.25) is 0 Å². The van der Waals surface area contributed by atoms with Gasteiger partial charge in [0.15, 0.2) is 6.10 Å². The Balaban J connectivity index is 2.52. The molecule has 0 heterocycles. The summed E-state index contributed by atoms with van der Waals surface area (Å²) in [7, 11) is 0. The summed E-state index contributed by atoms with van der Waals surface area (Å²) in [6, 6.07) is 8.05. The maximum Gasteiger partial charge on any atom is 0.332 e. The van der Waals surface area contributed by atoms with E-state index in [-0.39, 0.29) is 0 Å². The number of rotatable bonds is 5. The van der Waals surface area contributed by atoms with Crippen LogP contribution in [0, 0.1) is 0 Å². The molecule has 0 saturated carbocycles. The molecule has 3 heteroatoms. The summed E-state index contributed by atoms with van der Waals surface area (Å²) in [5.74, 6) is -0.424. The van der Waals surface area contributed by atoms with E-state index in [0.717, 1.165) is 5.56 Å². The van der Waals surface area contributed by atoms with Crippen LogP contribution in [0.15, 0.2) is 24.3 Å². The average Bonchev–Trinajstić information content (AvgIpc) is 2.26. The number of carboxylic acid groups (broad SMARTS) is 1. The third kappa shape index (κ3) is 3.66. The Morgan fingerprint density at radius 1 is 1.25 bits per heavy atom. The van der Waals surface area contributed by atoms with Gasteiger partial charge >= 0.3 is 5.97 Å². The van der Waals surface area contributed by atoms with Gasteiger partial charge in [-0.15, -0.1) is 0 Å². The summed E-state index contributed by atoms with van der Waals surface area (Å²) in [6.07, 6.45) is -0.759. The Hall–Kier alpha value is -1.35. The zero-order valence-electron chi connectivity index (χ0n) is 9.93. The maximum absolute atomic E-state index is 10.5. The van der Waals surface area contributed by atoms with Gasteiger partial charge in [-0.2, -0.15) is 0 Å². The highest BCUT2D eigenvalue weighted by Gasteiger charge is 2.10. The molecule has 0 aliphatic heterocycles. The van der Waals surface area contributed by atoms with Gasteiger partial charge in [-0.25, -0.2) is 4.79 Å². The van der Waals surface area contributed by atoms with Crippen molar-refractivity contribution in [2.24, 2.45) is 0 Å². The number of carbonyl (C=O) groups is 1. The first-order valence-corrected chi connectivity index (χ1v) is 5.44. The van der Waals surface area contributed by atoms with E-state index in [1.807, 2.05) is 12.1 Å². The Kier molecular flexibility index (Phi) is 4.50. The van der Waals surface area contributed by atoms with Gasteiger partial charge in [-0.05, 0) is 24.0 Å². The van der Waals surface area contributed by atoms with Crippen molar-refractivity contribution in [2.75, 3.05) is 0 Å². The predicted molar refractivity (Wildman–Crippen MR) is 62.4 cm³/mol. The van der Waals surface area contributed by atoms with Gasteiger partial charge in [0.25, 0.3) is 0 Å². The molecule has 0 aliphatic rings. The second-order valence-electron chi connectivity index (χ2n) is 4.19. The standard InChI is InChI=1S/C13H18O3/c1-9(2)12-6-4-11(5-7-12)8-16-10(3)13(14)15/h4-7,9-10H,8H2,1-3H3,(H,14,15)/t10-/m0/s1. The molecule has 88 valence electrons. The number of carboxylic acids is 1. The lowest BCUT2D eigenvalue weighted by Crippen LogP contribution is -2.19. The molecule has 16 heavy (non-hydrogen) atoms. The molecule has 1 aromatic carbocycles. The Morgan fingerprint density at radius 3 is 2.25 bits per heavy atom. The predicted octanol–water partition coefficient (Wildman–Crippen LogP) is 2.80. The lowest BCUT2D eigenvalue weighted by molar-refractivity contribution is -0.149. The van der Waals surface area contributed by atoms with Gasteiger partial charge < -0.3 is 9.84 Å². The minimum atomic E-state index is -0.932. The smallest absolute Gasteiger partial charge is 0.332 e. The molecule has 0 spiro atoms. The molecule has 1 N–H and O–H groups in total. The summed E-state index contributed by atoms with van der Waals surface area (Å²) in [6.45, 7) is 6.15. The van der Waals surface area contributed by atoms with Crippen LogP contribution in [0.2, 0.25) is 0 Å². The molecule has 1 aromatic rings. The van der Waals surface area contributed by atoms with Crippen LogP contribution in [-0.4, -0.2) is 17.2 Å². The zero-order chi connectivity index (χ0) is 12.1. The minimum absolute atomic E-state index is 0.339.